The molecule has 2 N–H and O–H groups in total. The maximum Gasteiger partial charge on any atom is 0.0670 e. The number of aromatic amines is 1. The number of hydrogen-bond donors (Lipinski definition) is 2. The predicted molar refractivity (Wildman–Crippen MR) is 88.7 cm³/mol. The summed E-state index contributed by atoms with van der Waals surface area (Å²) in [4.78, 5) is 0. The number of H-pyrrole nitrogens is 1. The lowest BCUT2D eigenvalue weighted by Crippen LogP contribution is -2.15. The van der Waals surface area contributed by atoms with E-state index in [1.54, 1.807) is 0 Å². The van der Waals surface area contributed by atoms with Gasteiger partial charge in [0.05, 0.1) is 11.7 Å². The van der Waals surface area contributed by atoms with Crippen molar-refractivity contribution in [3.05, 3.63) is 59.8 Å². The van der Waals surface area contributed by atoms with Gasteiger partial charge in [-0.05, 0) is 50.5 Å². The molecule has 2 aromatic carbocycles. The Kier molecular flexibility index (Phi) is 3.91. The number of nitrogens with zero attached hydrogens (tertiary/aromatic N) is 1. The van der Waals surface area contributed by atoms with Gasteiger partial charge in [0.1, 0.15) is 0 Å². The lowest BCUT2D eigenvalue weighted by atomic mass is 10.0. The molecule has 1 heterocycles. The number of rotatable bonds is 5. The van der Waals surface area contributed by atoms with Crippen molar-refractivity contribution in [2.24, 2.45) is 0 Å². The maximum absolute atomic E-state index is 4.05. The second kappa shape index (κ2) is 6.00. The lowest BCUT2D eigenvalue weighted by Gasteiger charge is -2.15. The van der Waals surface area contributed by atoms with E-state index in [1.807, 2.05) is 6.20 Å². The van der Waals surface area contributed by atoms with Gasteiger partial charge in [0.15, 0.2) is 0 Å². The summed E-state index contributed by atoms with van der Waals surface area (Å²) in [5.41, 5.74) is 4.96. The summed E-state index contributed by atoms with van der Waals surface area (Å²) in [6.07, 6.45) is 4.06. The number of aryl methyl sites for hydroxylation is 2. The fourth-order valence-corrected chi connectivity index (χ4v) is 2.63. The Bertz CT molecular complexity index is 730. The van der Waals surface area contributed by atoms with Crippen LogP contribution in [-0.2, 0) is 6.42 Å². The Morgan fingerprint density at radius 1 is 1.19 bits per heavy atom. The zero-order valence-corrected chi connectivity index (χ0v) is 12.6. The summed E-state index contributed by atoms with van der Waals surface area (Å²) in [7, 11) is 0. The molecule has 1 unspecified atom stereocenters. The minimum absolute atomic E-state index is 0.436. The van der Waals surface area contributed by atoms with Gasteiger partial charge >= 0.3 is 0 Å². The zero-order chi connectivity index (χ0) is 14.7. The highest BCUT2D eigenvalue weighted by molar-refractivity contribution is 5.81. The third-order valence-electron chi connectivity index (χ3n) is 3.80. The fourth-order valence-electron chi connectivity index (χ4n) is 2.63. The van der Waals surface area contributed by atoms with Crippen molar-refractivity contribution in [3.63, 3.8) is 0 Å². The quantitative estimate of drug-likeness (QED) is 0.731. The van der Waals surface area contributed by atoms with E-state index in [1.165, 1.54) is 11.1 Å². The Hall–Kier alpha value is -2.29. The van der Waals surface area contributed by atoms with Crippen molar-refractivity contribution in [3.8, 4) is 0 Å². The Labute approximate surface area is 125 Å². The molecule has 0 amide bonds. The zero-order valence-electron chi connectivity index (χ0n) is 12.6. The van der Waals surface area contributed by atoms with Crippen molar-refractivity contribution in [1.29, 1.82) is 0 Å². The van der Waals surface area contributed by atoms with Crippen LogP contribution in [0.25, 0.3) is 10.9 Å². The van der Waals surface area contributed by atoms with E-state index in [0.717, 1.165) is 29.4 Å². The van der Waals surface area contributed by atoms with Gasteiger partial charge in [-0.1, -0.05) is 29.8 Å². The molecule has 0 spiro atoms. The second-order valence-electron chi connectivity index (χ2n) is 5.75. The molecule has 0 bridgehead atoms. The topological polar surface area (TPSA) is 40.7 Å². The van der Waals surface area contributed by atoms with Gasteiger partial charge in [0, 0.05) is 17.1 Å². The first-order valence-electron chi connectivity index (χ1n) is 7.46. The molecule has 0 aliphatic heterocycles. The average Bonchev–Trinajstić information content (AvgIpc) is 2.93. The summed E-state index contributed by atoms with van der Waals surface area (Å²) in [6.45, 7) is 4.37. The molecular formula is C18H21N3. The van der Waals surface area contributed by atoms with Gasteiger partial charge in [-0.2, -0.15) is 5.10 Å². The van der Waals surface area contributed by atoms with Crippen molar-refractivity contribution in [1.82, 2.24) is 10.2 Å². The molecule has 108 valence electrons. The van der Waals surface area contributed by atoms with Gasteiger partial charge in [-0.3, -0.25) is 5.10 Å². The van der Waals surface area contributed by atoms with Crippen LogP contribution in [0.5, 0.6) is 0 Å². The van der Waals surface area contributed by atoms with E-state index in [2.05, 4.69) is 71.8 Å². The molecule has 1 atom stereocenters. The molecular weight excluding hydrogens is 258 g/mol. The minimum atomic E-state index is 0.436. The van der Waals surface area contributed by atoms with Crippen LogP contribution in [0.15, 0.2) is 48.7 Å². The van der Waals surface area contributed by atoms with Gasteiger partial charge in [-0.25, -0.2) is 0 Å². The van der Waals surface area contributed by atoms with Crippen LogP contribution >= 0.6 is 0 Å². The number of aromatic nitrogens is 2. The van der Waals surface area contributed by atoms with Crippen LogP contribution < -0.4 is 5.32 Å². The molecule has 0 saturated heterocycles. The molecule has 0 radical (unpaired) electrons. The predicted octanol–water partition coefficient (Wildman–Crippen LogP) is 4.30. The first-order chi connectivity index (χ1) is 10.2. The monoisotopic (exact) mass is 279 g/mol. The van der Waals surface area contributed by atoms with Crippen LogP contribution in [0.3, 0.4) is 0 Å². The van der Waals surface area contributed by atoms with Gasteiger partial charge < -0.3 is 5.32 Å². The Morgan fingerprint density at radius 2 is 2.10 bits per heavy atom. The first kappa shape index (κ1) is 13.7. The molecule has 21 heavy (non-hydrogen) atoms. The molecule has 0 aliphatic rings. The summed E-state index contributed by atoms with van der Waals surface area (Å²) in [6, 6.07) is 15.5. The van der Waals surface area contributed by atoms with Crippen LogP contribution in [0, 0.1) is 6.92 Å². The molecule has 3 heteroatoms. The van der Waals surface area contributed by atoms with Gasteiger partial charge in [0.2, 0.25) is 0 Å². The maximum atomic E-state index is 4.05. The Morgan fingerprint density at radius 3 is 2.95 bits per heavy atom. The lowest BCUT2D eigenvalue weighted by molar-refractivity contribution is 0.706. The van der Waals surface area contributed by atoms with Crippen molar-refractivity contribution in [2.45, 2.75) is 32.7 Å². The Balaban J connectivity index is 1.59. The van der Waals surface area contributed by atoms with E-state index in [0.29, 0.717) is 6.04 Å². The van der Waals surface area contributed by atoms with E-state index in [4.69, 9.17) is 0 Å². The van der Waals surface area contributed by atoms with E-state index in [9.17, 15) is 0 Å². The van der Waals surface area contributed by atoms with Gasteiger partial charge in [-0.15, -0.1) is 0 Å². The average molecular weight is 279 g/mol. The highest BCUT2D eigenvalue weighted by Crippen LogP contribution is 2.18. The molecule has 0 aliphatic carbocycles. The van der Waals surface area contributed by atoms with Gasteiger partial charge in [0.25, 0.3) is 0 Å². The van der Waals surface area contributed by atoms with Crippen molar-refractivity contribution in [2.75, 3.05) is 5.32 Å². The first-order valence-corrected chi connectivity index (χ1v) is 7.46. The summed E-state index contributed by atoms with van der Waals surface area (Å²) in [5.74, 6) is 0. The number of anilines is 1. The minimum Gasteiger partial charge on any atom is -0.383 e. The third-order valence-corrected chi connectivity index (χ3v) is 3.80. The number of fused-ring (bicyclic) bond motifs is 1. The largest absolute Gasteiger partial charge is 0.383 e. The van der Waals surface area contributed by atoms with E-state index < -0.39 is 0 Å². The highest BCUT2D eigenvalue weighted by atomic mass is 15.1. The summed E-state index contributed by atoms with van der Waals surface area (Å²) >= 11 is 0. The summed E-state index contributed by atoms with van der Waals surface area (Å²) < 4.78 is 0. The fraction of sp³-hybridized carbons (Fsp3) is 0.278. The van der Waals surface area contributed by atoms with Crippen LogP contribution in [0.2, 0.25) is 0 Å². The van der Waals surface area contributed by atoms with Crippen LogP contribution in [0.4, 0.5) is 5.69 Å². The van der Waals surface area contributed by atoms with Crippen molar-refractivity contribution >= 4 is 16.6 Å². The number of nitrogens with one attached hydrogen (secondary N) is 2. The third kappa shape index (κ3) is 3.43. The number of hydrogen-bond acceptors (Lipinski definition) is 2. The van der Waals surface area contributed by atoms with Crippen LogP contribution in [0.1, 0.15) is 24.5 Å². The molecule has 3 rings (SSSR count). The van der Waals surface area contributed by atoms with Crippen LogP contribution in [-0.4, -0.2) is 16.2 Å². The molecule has 0 saturated carbocycles. The molecule has 0 fully saturated rings. The molecule has 3 aromatic rings. The molecule has 1 aromatic heterocycles. The highest BCUT2D eigenvalue weighted by Gasteiger charge is 2.04. The normalized spacial score (nSPS) is 12.5. The van der Waals surface area contributed by atoms with E-state index in [-0.39, 0.29) is 0 Å². The number of benzene rings is 2. The smallest absolute Gasteiger partial charge is 0.0670 e. The van der Waals surface area contributed by atoms with Crippen molar-refractivity contribution < 1.29 is 0 Å². The standard InChI is InChI=1S/C18H21N3/c1-13-4-3-5-15(10-13)7-6-14(2)20-17-9-8-16-12-19-21-18(16)11-17/h3-5,8-12,14,20H,6-7H2,1-2H3,(H,19,21). The summed E-state index contributed by atoms with van der Waals surface area (Å²) in [5, 5.41) is 11.8. The SMILES string of the molecule is Cc1cccc(CCC(C)Nc2ccc3cn[nH]c3c2)c1. The molecule has 3 nitrogen and oxygen atoms in total. The second-order valence-corrected chi connectivity index (χ2v) is 5.75. The van der Waals surface area contributed by atoms with E-state index >= 15 is 0 Å².